The first-order valence-corrected chi connectivity index (χ1v) is 21.8. The molecule has 2 nitrogen and oxygen atoms in total. The molecule has 0 unspecified atom stereocenters. The molecule has 0 saturated carbocycles. The number of aryl methyl sites for hydroxylation is 1. The monoisotopic (exact) mass is 788 g/mol. The Bertz CT molecular complexity index is 3550. The van der Waals surface area contributed by atoms with E-state index in [-0.39, 0.29) is 0 Å². The van der Waals surface area contributed by atoms with Crippen molar-refractivity contribution in [1.82, 2.24) is 9.55 Å². The smallest absolute Gasteiger partial charge is 0.114 e. The Kier molecular flexibility index (Phi) is 7.53. The summed E-state index contributed by atoms with van der Waals surface area (Å²) < 4.78 is 2.31. The Morgan fingerprint density at radius 2 is 0.903 bits per heavy atom. The maximum atomic E-state index is 4.99. The molecular formula is C60H40N2. The number of rotatable bonds is 5. The molecule has 2 aliphatic rings. The van der Waals surface area contributed by atoms with Gasteiger partial charge in [0.2, 0.25) is 0 Å². The third kappa shape index (κ3) is 4.78. The third-order valence-corrected chi connectivity index (χ3v) is 13.8. The molecule has 290 valence electrons. The van der Waals surface area contributed by atoms with Gasteiger partial charge in [-0.05, 0) is 136 Å². The minimum absolute atomic E-state index is 0.416. The number of imidazole rings is 1. The van der Waals surface area contributed by atoms with Gasteiger partial charge in [-0.2, -0.15) is 0 Å². The lowest BCUT2D eigenvalue weighted by Crippen LogP contribution is -2.25. The fourth-order valence-corrected chi connectivity index (χ4v) is 11.2. The van der Waals surface area contributed by atoms with Crippen molar-refractivity contribution in [3.8, 4) is 61.3 Å². The van der Waals surface area contributed by atoms with Crippen molar-refractivity contribution in [1.29, 1.82) is 0 Å². The van der Waals surface area contributed by atoms with Crippen LogP contribution < -0.4 is 0 Å². The van der Waals surface area contributed by atoms with E-state index in [1.165, 1.54) is 99.4 Å². The van der Waals surface area contributed by atoms with Gasteiger partial charge >= 0.3 is 0 Å². The van der Waals surface area contributed by atoms with Crippen LogP contribution in [0.5, 0.6) is 0 Å². The summed E-state index contributed by atoms with van der Waals surface area (Å²) in [5.74, 6) is 1.07. The largest absolute Gasteiger partial charge is 0.296 e. The minimum Gasteiger partial charge on any atom is -0.296 e. The van der Waals surface area contributed by atoms with Crippen LogP contribution in [-0.4, -0.2) is 9.55 Å². The molecule has 10 aromatic carbocycles. The van der Waals surface area contributed by atoms with Gasteiger partial charge in [-0.15, -0.1) is 0 Å². The molecule has 1 spiro atoms. The number of aromatic nitrogens is 2. The number of fused-ring (bicyclic) bond motifs is 13. The fourth-order valence-electron chi connectivity index (χ4n) is 11.2. The van der Waals surface area contributed by atoms with Crippen LogP contribution in [0.1, 0.15) is 35.0 Å². The number of para-hydroxylation sites is 2. The Balaban J connectivity index is 1.08. The molecule has 1 aromatic heterocycles. The summed E-state index contributed by atoms with van der Waals surface area (Å²) >= 11 is 0. The van der Waals surface area contributed by atoms with Crippen LogP contribution in [0.4, 0.5) is 0 Å². The van der Waals surface area contributed by atoms with Crippen molar-refractivity contribution in [2.75, 3.05) is 0 Å². The zero-order valence-electron chi connectivity index (χ0n) is 34.3. The second kappa shape index (κ2) is 13.3. The van der Waals surface area contributed by atoms with E-state index >= 15 is 0 Å². The van der Waals surface area contributed by atoms with Crippen molar-refractivity contribution >= 4 is 32.6 Å². The van der Waals surface area contributed by atoms with E-state index in [1.807, 2.05) is 0 Å². The maximum absolute atomic E-state index is 4.99. The molecule has 0 radical (unpaired) electrons. The molecule has 0 amide bonds. The Labute approximate surface area is 361 Å². The van der Waals surface area contributed by atoms with Gasteiger partial charge in [0.15, 0.2) is 0 Å². The highest BCUT2D eigenvalue weighted by molar-refractivity contribution is 6.22. The van der Waals surface area contributed by atoms with Crippen LogP contribution in [-0.2, 0) is 11.8 Å². The van der Waals surface area contributed by atoms with Gasteiger partial charge in [-0.25, -0.2) is 4.98 Å². The summed E-state index contributed by atoms with van der Waals surface area (Å²) in [6.07, 6.45) is 0.852. The molecule has 2 heteroatoms. The predicted octanol–water partition coefficient (Wildman–Crippen LogP) is 15.2. The van der Waals surface area contributed by atoms with Crippen LogP contribution in [0.3, 0.4) is 0 Å². The molecule has 1 heterocycles. The minimum atomic E-state index is -0.416. The number of hydrogen-bond donors (Lipinski definition) is 0. The van der Waals surface area contributed by atoms with Crippen molar-refractivity contribution in [3.05, 3.63) is 240 Å². The first-order chi connectivity index (χ1) is 30.7. The fraction of sp³-hybridized carbons (Fsp3) is 0.0500. The van der Waals surface area contributed by atoms with Gasteiger partial charge in [0.25, 0.3) is 0 Å². The van der Waals surface area contributed by atoms with E-state index in [0.717, 1.165) is 29.0 Å². The molecule has 0 atom stereocenters. The third-order valence-electron chi connectivity index (χ3n) is 13.8. The van der Waals surface area contributed by atoms with E-state index in [4.69, 9.17) is 4.98 Å². The lowest BCUT2D eigenvalue weighted by molar-refractivity contribution is 0.794. The lowest BCUT2D eigenvalue weighted by atomic mass is 9.70. The Morgan fingerprint density at radius 3 is 1.56 bits per heavy atom. The molecule has 0 bridgehead atoms. The number of nitrogens with zero attached hydrogens (tertiary/aromatic N) is 2. The summed E-state index contributed by atoms with van der Waals surface area (Å²) in [6, 6.07) is 79.1. The van der Waals surface area contributed by atoms with Crippen molar-refractivity contribution in [2.24, 2.45) is 0 Å². The zero-order chi connectivity index (χ0) is 40.9. The van der Waals surface area contributed by atoms with Crippen molar-refractivity contribution < 1.29 is 0 Å². The predicted molar refractivity (Wildman–Crippen MR) is 258 cm³/mol. The van der Waals surface area contributed by atoms with Crippen LogP contribution >= 0.6 is 0 Å². The highest BCUT2D eigenvalue weighted by atomic mass is 15.1. The average molecular weight is 789 g/mol. The summed E-state index contributed by atoms with van der Waals surface area (Å²) in [5.41, 5.74) is 20.9. The molecule has 13 rings (SSSR count). The zero-order valence-corrected chi connectivity index (χ0v) is 34.3. The summed E-state index contributed by atoms with van der Waals surface area (Å²) in [4.78, 5) is 4.99. The van der Waals surface area contributed by atoms with E-state index in [1.54, 1.807) is 0 Å². The van der Waals surface area contributed by atoms with Gasteiger partial charge < -0.3 is 0 Å². The molecule has 0 saturated heterocycles. The Hall–Kier alpha value is -7.81. The second-order valence-corrected chi connectivity index (χ2v) is 16.8. The SMILES string of the molecule is CCc1nc2ccccc2n1-c1ccc(-c2c3ccccc3c(-c3ccc4c(c3)C3(c5ccccc5-c5ccccc53)c3ccccc3-4)c3ccc(-c4ccccc4)cc23)cc1. The van der Waals surface area contributed by atoms with Crippen LogP contribution in [0.25, 0.3) is 93.9 Å². The van der Waals surface area contributed by atoms with Crippen molar-refractivity contribution in [2.45, 2.75) is 18.8 Å². The standard InChI is InChI=1S/C60H40N2/c1-2-57-61-55-26-14-15-27-56(55)62(57)42-32-28-39(29-33-42)58-47-21-6-7-22-48(47)59(49-35-30-40(36-50(49)58)38-16-4-3-5-17-38)41-31-34-46-45-20-10-13-25-53(45)60(54(46)37-41)51-23-11-8-18-43(51)44-19-9-12-24-52(44)60/h3-37H,2H2,1H3. The first kappa shape index (κ1) is 35.0. The van der Waals surface area contributed by atoms with E-state index in [9.17, 15) is 0 Å². The van der Waals surface area contributed by atoms with Crippen molar-refractivity contribution in [3.63, 3.8) is 0 Å². The average Bonchev–Trinajstić information content (AvgIpc) is 3.97. The molecule has 11 aromatic rings. The highest BCUT2D eigenvalue weighted by Gasteiger charge is 2.51. The van der Waals surface area contributed by atoms with Crippen LogP contribution in [0.15, 0.2) is 212 Å². The molecule has 0 fully saturated rings. The van der Waals surface area contributed by atoms with Gasteiger partial charge in [0, 0.05) is 12.1 Å². The highest BCUT2D eigenvalue weighted by Crippen LogP contribution is 2.63. The van der Waals surface area contributed by atoms with E-state index < -0.39 is 5.41 Å². The summed E-state index contributed by atoms with van der Waals surface area (Å²) in [5, 5.41) is 4.97. The normalized spacial score (nSPS) is 13.1. The summed E-state index contributed by atoms with van der Waals surface area (Å²) in [6.45, 7) is 2.18. The topological polar surface area (TPSA) is 17.8 Å². The first-order valence-electron chi connectivity index (χ1n) is 21.8. The molecule has 0 aliphatic heterocycles. The number of benzene rings is 10. The van der Waals surface area contributed by atoms with Crippen LogP contribution in [0, 0.1) is 0 Å². The van der Waals surface area contributed by atoms with Gasteiger partial charge in [-0.1, -0.05) is 183 Å². The van der Waals surface area contributed by atoms with E-state index in [0.29, 0.717) is 0 Å². The Morgan fingerprint density at radius 1 is 0.387 bits per heavy atom. The molecule has 62 heavy (non-hydrogen) atoms. The molecule has 0 N–H and O–H groups in total. The van der Waals surface area contributed by atoms with Gasteiger partial charge in [0.1, 0.15) is 5.82 Å². The molecule has 2 aliphatic carbocycles. The van der Waals surface area contributed by atoms with Crippen LogP contribution in [0.2, 0.25) is 0 Å². The second-order valence-electron chi connectivity index (χ2n) is 16.8. The van der Waals surface area contributed by atoms with Gasteiger partial charge in [0.05, 0.1) is 16.4 Å². The van der Waals surface area contributed by atoms with E-state index in [2.05, 4.69) is 224 Å². The molecular weight excluding hydrogens is 749 g/mol. The number of hydrogen-bond acceptors (Lipinski definition) is 1. The lowest BCUT2D eigenvalue weighted by Gasteiger charge is -2.31. The summed E-state index contributed by atoms with van der Waals surface area (Å²) in [7, 11) is 0. The maximum Gasteiger partial charge on any atom is 0.114 e. The quantitative estimate of drug-likeness (QED) is 0.159. The van der Waals surface area contributed by atoms with Gasteiger partial charge in [-0.3, -0.25) is 4.57 Å².